The van der Waals surface area contributed by atoms with Gasteiger partial charge in [0.25, 0.3) is 0 Å². The van der Waals surface area contributed by atoms with Crippen molar-refractivity contribution in [1.82, 2.24) is 5.32 Å². The van der Waals surface area contributed by atoms with Gasteiger partial charge in [0, 0.05) is 30.4 Å². The molecule has 1 aliphatic rings. The van der Waals surface area contributed by atoms with Crippen LogP contribution in [0, 0.1) is 0 Å². The van der Waals surface area contributed by atoms with Crippen LogP contribution in [0.5, 0.6) is 11.5 Å². The molecule has 0 aliphatic carbocycles. The number of rotatable bonds is 4. The maximum absolute atomic E-state index is 12.2. The van der Waals surface area contributed by atoms with E-state index in [1.165, 1.54) is 0 Å². The summed E-state index contributed by atoms with van der Waals surface area (Å²) in [5.41, 5.74) is 0.630. The highest BCUT2D eigenvalue weighted by Crippen LogP contribution is 2.26. The van der Waals surface area contributed by atoms with Crippen LogP contribution in [-0.2, 0) is 9.53 Å². The number of anilines is 1. The highest BCUT2D eigenvalue weighted by Gasteiger charge is 2.28. The molecular formula is C14H20N2O4. The summed E-state index contributed by atoms with van der Waals surface area (Å²) in [5, 5.41) is 6.00. The number of carbonyl (C=O) groups excluding carboxylic acids is 1. The number of methoxy groups -OCH3 is 2. The van der Waals surface area contributed by atoms with Crippen molar-refractivity contribution in [3.63, 3.8) is 0 Å². The summed E-state index contributed by atoms with van der Waals surface area (Å²) in [4.78, 5) is 12.2. The average molecular weight is 280 g/mol. The van der Waals surface area contributed by atoms with E-state index in [0.29, 0.717) is 30.3 Å². The summed E-state index contributed by atoms with van der Waals surface area (Å²) in [7, 11) is 3.14. The second kappa shape index (κ2) is 6.58. The summed E-state index contributed by atoms with van der Waals surface area (Å²) in [6.45, 7) is 3.17. The summed E-state index contributed by atoms with van der Waals surface area (Å²) in [6, 6.07) is 4.88. The molecule has 1 aromatic rings. The molecule has 6 nitrogen and oxygen atoms in total. The molecule has 110 valence electrons. The highest BCUT2D eigenvalue weighted by atomic mass is 16.5. The van der Waals surface area contributed by atoms with E-state index in [-0.39, 0.29) is 18.1 Å². The summed E-state index contributed by atoms with van der Waals surface area (Å²) < 4.78 is 15.8. The number of hydrogen-bond acceptors (Lipinski definition) is 5. The van der Waals surface area contributed by atoms with Crippen molar-refractivity contribution >= 4 is 11.6 Å². The van der Waals surface area contributed by atoms with E-state index in [0.717, 1.165) is 0 Å². The molecule has 0 unspecified atom stereocenters. The first-order valence-corrected chi connectivity index (χ1v) is 6.53. The molecule has 2 atom stereocenters. The Kier molecular flexibility index (Phi) is 4.81. The predicted molar refractivity (Wildman–Crippen MR) is 75.4 cm³/mol. The number of carbonyl (C=O) groups is 1. The second-order valence-electron chi connectivity index (χ2n) is 4.60. The monoisotopic (exact) mass is 280 g/mol. The molecule has 0 radical (unpaired) electrons. The average Bonchev–Trinajstić information content (AvgIpc) is 2.47. The molecule has 20 heavy (non-hydrogen) atoms. The van der Waals surface area contributed by atoms with Crippen molar-refractivity contribution < 1.29 is 19.0 Å². The Bertz CT molecular complexity index is 456. The van der Waals surface area contributed by atoms with Crippen molar-refractivity contribution in [2.45, 2.75) is 19.1 Å². The third-order valence-corrected chi connectivity index (χ3v) is 3.22. The molecule has 1 fully saturated rings. The number of benzene rings is 1. The zero-order valence-corrected chi connectivity index (χ0v) is 11.9. The molecule has 0 spiro atoms. The van der Waals surface area contributed by atoms with Gasteiger partial charge in [0.05, 0.1) is 26.9 Å². The van der Waals surface area contributed by atoms with Gasteiger partial charge in [-0.15, -0.1) is 0 Å². The smallest absolute Gasteiger partial charge is 0.244 e. The molecule has 1 heterocycles. The summed E-state index contributed by atoms with van der Waals surface area (Å²) in [6.07, 6.45) is -0.156. The van der Waals surface area contributed by atoms with Gasteiger partial charge < -0.3 is 24.8 Å². The van der Waals surface area contributed by atoms with Gasteiger partial charge in [-0.25, -0.2) is 0 Å². The van der Waals surface area contributed by atoms with Crippen molar-refractivity contribution in [2.75, 3.05) is 32.7 Å². The van der Waals surface area contributed by atoms with Crippen molar-refractivity contribution in [3.8, 4) is 11.5 Å². The minimum Gasteiger partial charge on any atom is -0.497 e. The van der Waals surface area contributed by atoms with E-state index in [4.69, 9.17) is 14.2 Å². The summed E-state index contributed by atoms with van der Waals surface area (Å²) >= 11 is 0. The predicted octanol–water partition coefficient (Wildman–Crippen LogP) is 1.02. The number of morpholine rings is 1. The molecule has 1 amide bonds. The Hall–Kier alpha value is -1.79. The van der Waals surface area contributed by atoms with E-state index in [2.05, 4.69) is 10.6 Å². The highest BCUT2D eigenvalue weighted by molar-refractivity contribution is 5.95. The zero-order valence-electron chi connectivity index (χ0n) is 11.9. The van der Waals surface area contributed by atoms with Crippen LogP contribution in [0.2, 0.25) is 0 Å². The first-order valence-electron chi connectivity index (χ1n) is 6.53. The fourth-order valence-corrected chi connectivity index (χ4v) is 2.13. The molecule has 0 bridgehead atoms. The zero-order chi connectivity index (χ0) is 14.5. The fourth-order valence-electron chi connectivity index (χ4n) is 2.13. The van der Waals surface area contributed by atoms with Gasteiger partial charge >= 0.3 is 0 Å². The number of nitrogens with one attached hydrogen (secondary N) is 2. The number of ether oxygens (including phenoxy) is 3. The molecule has 2 N–H and O–H groups in total. The van der Waals surface area contributed by atoms with E-state index in [1.54, 1.807) is 32.4 Å². The van der Waals surface area contributed by atoms with Crippen LogP contribution in [0.25, 0.3) is 0 Å². The van der Waals surface area contributed by atoms with Crippen LogP contribution in [-0.4, -0.2) is 45.4 Å². The molecule has 0 saturated carbocycles. The fraction of sp³-hybridized carbons (Fsp3) is 0.500. The van der Waals surface area contributed by atoms with Gasteiger partial charge in [-0.3, -0.25) is 4.79 Å². The quantitative estimate of drug-likeness (QED) is 0.862. The third kappa shape index (κ3) is 3.40. The van der Waals surface area contributed by atoms with Gasteiger partial charge in [0.1, 0.15) is 17.5 Å². The molecule has 6 heteroatoms. The Morgan fingerprint density at radius 3 is 2.50 bits per heavy atom. The largest absolute Gasteiger partial charge is 0.497 e. The van der Waals surface area contributed by atoms with Gasteiger partial charge in [-0.1, -0.05) is 0 Å². The van der Waals surface area contributed by atoms with Crippen LogP contribution < -0.4 is 20.1 Å². The Balaban J connectivity index is 2.10. The van der Waals surface area contributed by atoms with Crippen molar-refractivity contribution in [1.29, 1.82) is 0 Å². The number of hydrogen-bond donors (Lipinski definition) is 2. The van der Waals surface area contributed by atoms with Gasteiger partial charge in [0.15, 0.2) is 0 Å². The van der Waals surface area contributed by atoms with Crippen LogP contribution in [0.3, 0.4) is 0 Å². The lowest BCUT2D eigenvalue weighted by atomic mass is 10.1. The van der Waals surface area contributed by atoms with E-state index in [9.17, 15) is 4.79 Å². The molecule has 1 saturated heterocycles. The number of amides is 1. The van der Waals surface area contributed by atoms with E-state index < -0.39 is 0 Å². The van der Waals surface area contributed by atoms with Crippen LogP contribution in [0.1, 0.15) is 6.92 Å². The third-order valence-electron chi connectivity index (χ3n) is 3.22. The maximum atomic E-state index is 12.2. The molecule has 1 aliphatic heterocycles. The topological polar surface area (TPSA) is 68.8 Å². The minimum absolute atomic E-state index is 0.132. The Labute approximate surface area is 118 Å². The lowest BCUT2D eigenvalue weighted by molar-refractivity contribution is -0.123. The van der Waals surface area contributed by atoms with E-state index in [1.807, 2.05) is 6.92 Å². The first-order chi connectivity index (χ1) is 9.63. The first kappa shape index (κ1) is 14.6. The second-order valence-corrected chi connectivity index (χ2v) is 4.60. The molecule has 1 aromatic carbocycles. The lowest BCUT2D eigenvalue weighted by Crippen LogP contribution is -2.53. The van der Waals surface area contributed by atoms with Gasteiger partial charge in [-0.2, -0.15) is 0 Å². The molecule has 0 aromatic heterocycles. The molecule has 2 rings (SSSR count). The van der Waals surface area contributed by atoms with Crippen LogP contribution >= 0.6 is 0 Å². The van der Waals surface area contributed by atoms with Gasteiger partial charge in [0.2, 0.25) is 5.91 Å². The van der Waals surface area contributed by atoms with Crippen LogP contribution in [0.4, 0.5) is 5.69 Å². The minimum atomic E-state index is -0.360. The SMILES string of the molecule is COc1cc(NC(=O)[C@H]2NCCO[C@@H]2C)cc(OC)c1. The van der Waals surface area contributed by atoms with Crippen molar-refractivity contribution in [3.05, 3.63) is 18.2 Å². The maximum Gasteiger partial charge on any atom is 0.244 e. The normalized spacial score (nSPS) is 22.1. The van der Waals surface area contributed by atoms with E-state index >= 15 is 0 Å². The lowest BCUT2D eigenvalue weighted by Gasteiger charge is -2.29. The van der Waals surface area contributed by atoms with Gasteiger partial charge in [-0.05, 0) is 6.92 Å². The van der Waals surface area contributed by atoms with Crippen molar-refractivity contribution in [2.24, 2.45) is 0 Å². The van der Waals surface area contributed by atoms with Crippen LogP contribution in [0.15, 0.2) is 18.2 Å². The standard InChI is InChI=1S/C14H20N2O4/c1-9-13(15-4-5-20-9)14(17)16-10-6-11(18-2)8-12(7-10)19-3/h6-9,13,15H,4-5H2,1-3H3,(H,16,17)/t9-,13+/m1/s1. The summed E-state index contributed by atoms with van der Waals surface area (Å²) in [5.74, 6) is 1.12. The molecular weight excluding hydrogens is 260 g/mol. The Morgan fingerprint density at radius 1 is 1.30 bits per heavy atom. The Morgan fingerprint density at radius 2 is 1.95 bits per heavy atom.